The van der Waals surface area contributed by atoms with Gasteiger partial charge in [0.1, 0.15) is 5.15 Å². The summed E-state index contributed by atoms with van der Waals surface area (Å²) in [7, 11) is 1.88. The van der Waals surface area contributed by atoms with Crippen LogP contribution in [0.1, 0.15) is 5.56 Å². The third-order valence-electron chi connectivity index (χ3n) is 2.15. The van der Waals surface area contributed by atoms with Crippen molar-refractivity contribution in [1.82, 2.24) is 10.3 Å². The van der Waals surface area contributed by atoms with Gasteiger partial charge in [-0.1, -0.05) is 23.4 Å². The molecule has 0 fully saturated rings. The summed E-state index contributed by atoms with van der Waals surface area (Å²) in [5.41, 5.74) is 1.89. The minimum Gasteiger partial charge on any atom is -0.309 e. The number of halogens is 1. The molecule has 0 saturated carbocycles. The van der Waals surface area contributed by atoms with Crippen LogP contribution >= 0.6 is 11.6 Å². The highest BCUT2D eigenvalue weighted by molar-refractivity contribution is 6.29. The standard InChI is InChI=1S/C13H11ClN2/c1-15-8-2-3-10-4-6-12-11(9-10)5-7-13(14)16-12/h4-7,9,15H,8H2,1H3. The van der Waals surface area contributed by atoms with Crippen LogP contribution in [0.5, 0.6) is 0 Å². The van der Waals surface area contributed by atoms with E-state index in [9.17, 15) is 0 Å². The molecule has 3 heteroatoms. The number of nitrogens with zero attached hydrogens (tertiary/aromatic N) is 1. The molecule has 0 amide bonds. The fourth-order valence-electron chi connectivity index (χ4n) is 1.41. The zero-order valence-corrected chi connectivity index (χ0v) is 9.67. The van der Waals surface area contributed by atoms with Crippen LogP contribution < -0.4 is 5.32 Å². The van der Waals surface area contributed by atoms with Gasteiger partial charge in [0.15, 0.2) is 0 Å². The van der Waals surface area contributed by atoms with E-state index in [2.05, 4.69) is 22.1 Å². The van der Waals surface area contributed by atoms with Crippen LogP contribution in [0.15, 0.2) is 30.3 Å². The maximum Gasteiger partial charge on any atom is 0.129 e. The van der Waals surface area contributed by atoms with Gasteiger partial charge in [-0.15, -0.1) is 0 Å². The van der Waals surface area contributed by atoms with E-state index in [1.54, 1.807) is 6.07 Å². The molecule has 0 saturated heterocycles. The lowest BCUT2D eigenvalue weighted by Crippen LogP contribution is -2.04. The van der Waals surface area contributed by atoms with Crippen molar-refractivity contribution < 1.29 is 0 Å². The Morgan fingerprint density at radius 1 is 1.31 bits per heavy atom. The average molecular weight is 231 g/mol. The first kappa shape index (κ1) is 10.9. The minimum absolute atomic E-state index is 0.515. The first-order chi connectivity index (χ1) is 7.79. The first-order valence-corrected chi connectivity index (χ1v) is 5.37. The lowest BCUT2D eigenvalue weighted by molar-refractivity contribution is 0.938. The van der Waals surface area contributed by atoms with Gasteiger partial charge in [-0.25, -0.2) is 4.98 Å². The van der Waals surface area contributed by atoms with Crippen molar-refractivity contribution in [2.75, 3.05) is 13.6 Å². The van der Waals surface area contributed by atoms with Gasteiger partial charge in [0.05, 0.1) is 12.1 Å². The molecule has 1 aromatic carbocycles. The van der Waals surface area contributed by atoms with Gasteiger partial charge in [-0.2, -0.15) is 0 Å². The summed E-state index contributed by atoms with van der Waals surface area (Å²) in [6, 6.07) is 9.64. The second kappa shape index (κ2) is 4.98. The van der Waals surface area contributed by atoms with Gasteiger partial charge in [-0.05, 0) is 37.4 Å². The van der Waals surface area contributed by atoms with Crippen LogP contribution in [0.25, 0.3) is 10.9 Å². The van der Waals surface area contributed by atoms with Crippen LogP contribution in [-0.4, -0.2) is 18.6 Å². The van der Waals surface area contributed by atoms with Crippen molar-refractivity contribution in [3.63, 3.8) is 0 Å². The fraction of sp³-hybridized carbons (Fsp3) is 0.154. The van der Waals surface area contributed by atoms with E-state index >= 15 is 0 Å². The van der Waals surface area contributed by atoms with Crippen molar-refractivity contribution in [2.45, 2.75) is 0 Å². The number of nitrogens with one attached hydrogen (secondary N) is 1. The molecule has 0 spiro atoms. The lowest BCUT2D eigenvalue weighted by atomic mass is 10.1. The number of benzene rings is 1. The molecule has 2 aromatic rings. The normalized spacial score (nSPS) is 9.88. The Morgan fingerprint density at radius 2 is 2.19 bits per heavy atom. The zero-order valence-electron chi connectivity index (χ0n) is 8.92. The van der Waals surface area contributed by atoms with Crippen LogP contribution in [0.3, 0.4) is 0 Å². The molecule has 0 unspecified atom stereocenters. The molecule has 2 nitrogen and oxygen atoms in total. The van der Waals surface area contributed by atoms with E-state index in [0.717, 1.165) is 16.5 Å². The molecular weight excluding hydrogens is 220 g/mol. The molecule has 16 heavy (non-hydrogen) atoms. The number of rotatable bonds is 1. The summed E-state index contributed by atoms with van der Waals surface area (Å²) in [4.78, 5) is 4.22. The van der Waals surface area contributed by atoms with E-state index in [1.807, 2.05) is 31.3 Å². The van der Waals surface area contributed by atoms with Crippen LogP contribution in [-0.2, 0) is 0 Å². The molecule has 0 aliphatic heterocycles. The highest BCUT2D eigenvalue weighted by Gasteiger charge is 1.96. The van der Waals surface area contributed by atoms with Gasteiger partial charge in [0, 0.05) is 10.9 Å². The number of fused-ring (bicyclic) bond motifs is 1. The van der Waals surface area contributed by atoms with Crippen molar-refractivity contribution in [2.24, 2.45) is 0 Å². The van der Waals surface area contributed by atoms with Crippen LogP contribution in [0, 0.1) is 11.8 Å². The smallest absolute Gasteiger partial charge is 0.129 e. The SMILES string of the molecule is CNCC#Cc1ccc2nc(Cl)ccc2c1. The fourth-order valence-corrected chi connectivity index (χ4v) is 1.57. The van der Waals surface area contributed by atoms with Crippen LogP contribution in [0.2, 0.25) is 5.15 Å². The van der Waals surface area contributed by atoms with Gasteiger partial charge in [0.2, 0.25) is 0 Å². The Bertz CT molecular complexity index is 567. The van der Waals surface area contributed by atoms with Gasteiger partial charge in [-0.3, -0.25) is 0 Å². The molecule has 2 rings (SSSR count). The molecule has 1 aromatic heterocycles. The Kier molecular flexibility index (Phi) is 3.40. The zero-order chi connectivity index (χ0) is 11.4. The molecule has 0 aliphatic rings. The van der Waals surface area contributed by atoms with E-state index in [4.69, 9.17) is 11.6 Å². The van der Waals surface area contributed by atoms with Crippen molar-refractivity contribution in [3.8, 4) is 11.8 Å². The third-order valence-corrected chi connectivity index (χ3v) is 2.36. The Labute approximate surface area is 99.6 Å². The summed E-state index contributed by atoms with van der Waals surface area (Å²) in [5.74, 6) is 6.10. The van der Waals surface area contributed by atoms with Gasteiger partial charge in [0.25, 0.3) is 0 Å². The highest BCUT2D eigenvalue weighted by atomic mass is 35.5. The molecular formula is C13H11ClN2. The summed E-state index contributed by atoms with van der Waals surface area (Å²) in [6.45, 7) is 0.691. The predicted molar refractivity (Wildman–Crippen MR) is 67.6 cm³/mol. The molecule has 80 valence electrons. The molecule has 0 bridgehead atoms. The topological polar surface area (TPSA) is 24.9 Å². The number of aromatic nitrogens is 1. The summed E-state index contributed by atoms with van der Waals surface area (Å²) in [5, 5.41) is 4.55. The van der Waals surface area contributed by atoms with Crippen LogP contribution in [0.4, 0.5) is 0 Å². The Balaban J connectivity index is 2.38. The van der Waals surface area contributed by atoms with Crippen molar-refractivity contribution in [1.29, 1.82) is 0 Å². The quantitative estimate of drug-likeness (QED) is 0.601. The van der Waals surface area contributed by atoms with Gasteiger partial charge >= 0.3 is 0 Å². The second-order valence-electron chi connectivity index (χ2n) is 3.37. The van der Waals surface area contributed by atoms with Gasteiger partial charge < -0.3 is 5.32 Å². The maximum absolute atomic E-state index is 5.81. The summed E-state index contributed by atoms with van der Waals surface area (Å²) < 4.78 is 0. The first-order valence-electron chi connectivity index (χ1n) is 4.99. The molecule has 0 atom stereocenters. The number of hydrogen-bond donors (Lipinski definition) is 1. The lowest BCUT2D eigenvalue weighted by Gasteiger charge is -1.98. The Hall–Kier alpha value is -1.56. The Morgan fingerprint density at radius 3 is 3.00 bits per heavy atom. The van der Waals surface area contributed by atoms with Crippen molar-refractivity contribution >= 4 is 22.5 Å². The summed E-state index contributed by atoms with van der Waals surface area (Å²) in [6.07, 6.45) is 0. The minimum atomic E-state index is 0.515. The molecule has 1 N–H and O–H groups in total. The number of pyridine rings is 1. The van der Waals surface area contributed by atoms with E-state index in [0.29, 0.717) is 11.7 Å². The third kappa shape index (κ3) is 2.52. The van der Waals surface area contributed by atoms with E-state index < -0.39 is 0 Å². The average Bonchev–Trinajstić information content (AvgIpc) is 2.29. The maximum atomic E-state index is 5.81. The van der Waals surface area contributed by atoms with E-state index in [1.165, 1.54) is 0 Å². The largest absolute Gasteiger partial charge is 0.309 e. The highest BCUT2D eigenvalue weighted by Crippen LogP contribution is 2.16. The second-order valence-corrected chi connectivity index (χ2v) is 3.76. The number of hydrogen-bond acceptors (Lipinski definition) is 2. The molecule has 1 heterocycles. The van der Waals surface area contributed by atoms with E-state index in [-0.39, 0.29) is 0 Å². The predicted octanol–water partition coefficient (Wildman–Crippen LogP) is 2.46. The monoisotopic (exact) mass is 230 g/mol. The summed E-state index contributed by atoms with van der Waals surface area (Å²) >= 11 is 5.81. The van der Waals surface area contributed by atoms with Crippen molar-refractivity contribution in [3.05, 3.63) is 41.0 Å². The molecule has 0 radical (unpaired) electrons. The molecule has 0 aliphatic carbocycles.